The lowest BCUT2D eigenvalue weighted by Gasteiger charge is -2.18. The Morgan fingerprint density at radius 3 is 2.22 bits per heavy atom. The molecule has 0 aliphatic carbocycles. The number of rotatable bonds is 5. The lowest BCUT2D eigenvalue weighted by atomic mass is 10.2. The van der Waals surface area contributed by atoms with Crippen molar-refractivity contribution in [3.63, 3.8) is 0 Å². The molecule has 1 aromatic rings. The standard InChI is InChI=1S/C11H16O6Si/c1-11(2,3)17-10(12)16-8-4-6-9(7-5-8)18(13,14)15/h4-7,13-15H,1-3H3/i13T,14T,15T. The topological polar surface area (TPSA) is 96.2 Å². The van der Waals surface area contributed by atoms with Crippen molar-refractivity contribution in [2.75, 3.05) is 0 Å². The van der Waals surface area contributed by atoms with Crippen LogP contribution in [0, 0.1) is 0 Å². The average molecular weight is 278 g/mol. The van der Waals surface area contributed by atoms with E-state index in [2.05, 4.69) is 14.4 Å². The first-order valence-electron chi connectivity index (χ1n) is 6.43. The second-order valence-corrected chi connectivity index (χ2v) is 6.34. The minimum atomic E-state index is -3.87. The fraction of sp³-hybridized carbons (Fsp3) is 0.364. The van der Waals surface area contributed by atoms with E-state index < -0.39 is 20.6 Å². The Balaban J connectivity index is 2.81. The first-order valence-corrected chi connectivity index (χ1v) is 6.93. The van der Waals surface area contributed by atoms with Gasteiger partial charge in [-0.3, -0.25) is 0 Å². The van der Waals surface area contributed by atoms with Crippen molar-refractivity contribution in [1.29, 1.82) is 4.29 Å². The fourth-order valence-corrected chi connectivity index (χ4v) is 1.67. The van der Waals surface area contributed by atoms with Gasteiger partial charge in [0.1, 0.15) is 11.4 Å². The van der Waals surface area contributed by atoms with E-state index in [1.54, 1.807) is 20.8 Å². The SMILES string of the molecule is [3H]O[Si](O[3H])(O[3H])c1ccc(OC(=O)OC(C)(C)C)cc1. The molecule has 18 heavy (non-hydrogen) atoms. The summed E-state index contributed by atoms with van der Waals surface area (Å²) in [5.74, 6) is 0.191. The van der Waals surface area contributed by atoms with Gasteiger partial charge in [0.15, 0.2) is 4.29 Å². The van der Waals surface area contributed by atoms with Crippen LogP contribution in [0.15, 0.2) is 24.3 Å². The van der Waals surface area contributed by atoms with E-state index in [1.165, 1.54) is 24.3 Å². The summed E-state index contributed by atoms with van der Waals surface area (Å²) >= 11 is 0. The summed E-state index contributed by atoms with van der Waals surface area (Å²) in [6.07, 6.45) is -0.857. The summed E-state index contributed by atoms with van der Waals surface area (Å²) in [5.41, 5.74) is -0.670. The summed E-state index contributed by atoms with van der Waals surface area (Å²) in [6, 6.07) is 5.53. The van der Waals surface area contributed by atoms with E-state index in [9.17, 15) is 4.79 Å². The molecule has 0 aromatic heterocycles. The number of carbonyl (C=O) groups excluding carboxylic acids is 1. The Hall–Kier alpha value is -1.41. The molecule has 0 unspecified atom stereocenters. The first-order chi connectivity index (χ1) is 9.76. The normalized spacial score (nSPS) is 14.3. The van der Waals surface area contributed by atoms with E-state index in [0.29, 0.717) is 0 Å². The van der Waals surface area contributed by atoms with Gasteiger partial charge in [0.2, 0.25) is 0 Å². The zero-order chi connectivity index (χ0) is 16.1. The Bertz CT molecular complexity index is 464. The van der Waals surface area contributed by atoms with Gasteiger partial charge < -0.3 is 23.9 Å². The molecule has 0 aliphatic rings. The molecule has 1 aromatic carbocycles. The van der Waals surface area contributed by atoms with Crippen LogP contribution in [0.4, 0.5) is 4.79 Å². The smallest absolute Gasteiger partial charge is 0.428 e. The largest absolute Gasteiger partial charge is 0.528 e. The quantitative estimate of drug-likeness (QED) is 0.402. The Morgan fingerprint density at radius 2 is 1.78 bits per heavy atom. The van der Waals surface area contributed by atoms with E-state index >= 15 is 0 Å². The predicted molar refractivity (Wildman–Crippen MR) is 65.3 cm³/mol. The van der Waals surface area contributed by atoms with Crippen LogP contribution in [-0.2, 0) is 4.74 Å². The van der Waals surface area contributed by atoms with Crippen molar-refractivity contribution in [3.05, 3.63) is 24.3 Å². The fourth-order valence-electron chi connectivity index (χ4n) is 1.09. The molecule has 0 amide bonds. The molecule has 0 atom stereocenters. The lowest BCUT2D eigenvalue weighted by molar-refractivity contribution is 0.0206. The van der Waals surface area contributed by atoms with Crippen molar-refractivity contribution in [2.24, 2.45) is 0 Å². The molecule has 0 saturated heterocycles. The third kappa shape index (κ3) is 4.84. The Morgan fingerprint density at radius 1 is 1.22 bits per heavy atom. The van der Waals surface area contributed by atoms with Crippen molar-refractivity contribution in [2.45, 2.75) is 26.4 Å². The third-order valence-corrected chi connectivity index (χ3v) is 2.84. The van der Waals surface area contributed by atoms with Gasteiger partial charge in [0.05, 0.1) is 0 Å². The van der Waals surface area contributed by atoms with Gasteiger partial charge >= 0.3 is 15.0 Å². The van der Waals surface area contributed by atoms with Crippen LogP contribution < -0.4 is 9.92 Å². The maximum Gasteiger partial charge on any atom is 0.528 e. The van der Waals surface area contributed by atoms with E-state index in [4.69, 9.17) is 13.8 Å². The van der Waals surface area contributed by atoms with Gasteiger partial charge in [0, 0.05) is 5.19 Å². The second kappa shape index (κ2) is 5.07. The number of hydrogen-bond donors (Lipinski definition) is 3. The summed E-state index contributed by atoms with van der Waals surface area (Å²) in [4.78, 5) is 24.2. The highest BCUT2D eigenvalue weighted by Crippen LogP contribution is 2.13. The first kappa shape index (κ1) is 10.5. The van der Waals surface area contributed by atoms with Crippen molar-refractivity contribution in [3.8, 4) is 5.75 Å². The molecule has 1 rings (SSSR count). The molecular weight excluding hydrogens is 256 g/mol. The van der Waals surface area contributed by atoms with Crippen molar-refractivity contribution < 1.29 is 28.7 Å². The highest BCUT2D eigenvalue weighted by molar-refractivity contribution is 6.71. The highest BCUT2D eigenvalue weighted by Gasteiger charge is 2.30. The molecule has 0 spiro atoms. The van der Waals surface area contributed by atoms with E-state index in [1.807, 2.05) is 0 Å². The van der Waals surface area contributed by atoms with Gasteiger partial charge in [-0.2, -0.15) is 0 Å². The molecule has 0 aliphatic heterocycles. The van der Waals surface area contributed by atoms with Crippen molar-refractivity contribution >= 4 is 20.1 Å². The summed E-state index contributed by atoms with van der Waals surface area (Å²) in [5, 5.41) is 0.207. The number of hydrogen-bond acceptors (Lipinski definition) is 6. The van der Waals surface area contributed by atoms with Crippen LogP contribution in [0.25, 0.3) is 0 Å². The van der Waals surface area contributed by atoms with Crippen LogP contribution in [0.1, 0.15) is 20.8 Å². The van der Waals surface area contributed by atoms with Gasteiger partial charge in [-0.05, 0) is 32.9 Å². The number of carbonyl (C=O) groups is 1. The minimum absolute atomic E-state index is 0.191. The average Bonchev–Trinajstić information content (AvgIpc) is 2.41. The molecule has 6 nitrogen and oxygen atoms in total. The number of ether oxygens (including phenoxy) is 2. The van der Waals surface area contributed by atoms with Gasteiger partial charge in [-0.15, -0.1) is 0 Å². The monoisotopic (exact) mass is 278 g/mol. The minimum Gasteiger partial charge on any atom is -0.428 e. The Kier molecular flexibility index (Phi) is 2.96. The van der Waals surface area contributed by atoms with E-state index in [0.717, 1.165) is 0 Å². The van der Waals surface area contributed by atoms with Gasteiger partial charge in [-0.25, -0.2) is 4.79 Å². The maximum atomic E-state index is 11.5. The predicted octanol–water partition coefficient (Wildman–Crippen LogP) is 0.123. The molecule has 0 saturated carbocycles. The molecule has 7 heteroatoms. The number of benzene rings is 1. The van der Waals surface area contributed by atoms with Crippen LogP contribution in [0.3, 0.4) is 0 Å². The molecule has 0 radical (unpaired) electrons. The molecular formula is C11H16O6Si. The van der Waals surface area contributed by atoms with Gasteiger partial charge in [0.25, 0.3) is 0 Å². The maximum absolute atomic E-state index is 11.5. The van der Waals surface area contributed by atoms with Gasteiger partial charge in [-0.1, -0.05) is 12.1 Å². The Labute approximate surface area is 110 Å². The zero-order valence-corrected chi connectivity index (χ0v) is 11.3. The molecule has 100 valence electrons. The van der Waals surface area contributed by atoms with Crippen LogP contribution in [0.2, 0.25) is 0 Å². The summed E-state index contributed by atoms with van der Waals surface area (Å²) in [7, 11) is -3.87. The highest BCUT2D eigenvalue weighted by atomic mass is 28.4. The third-order valence-electron chi connectivity index (χ3n) is 1.80. The molecule has 0 bridgehead atoms. The van der Waals surface area contributed by atoms with Crippen LogP contribution >= 0.6 is 0 Å². The van der Waals surface area contributed by atoms with E-state index in [-0.39, 0.29) is 10.9 Å². The molecule has 3 N–H and O–H groups in total. The molecule has 0 heterocycles. The summed E-state index contributed by atoms with van der Waals surface area (Å²) < 4.78 is 30.6. The summed E-state index contributed by atoms with van der Waals surface area (Å²) in [6.45, 7) is 5.13. The zero-order valence-electron chi connectivity index (χ0n) is 13.3. The lowest BCUT2D eigenvalue weighted by Crippen LogP contribution is -2.48. The molecule has 0 fully saturated rings. The van der Waals surface area contributed by atoms with Crippen LogP contribution in [-0.4, -0.2) is 39.2 Å². The second-order valence-electron chi connectivity index (χ2n) is 4.65. The van der Waals surface area contributed by atoms with Crippen LogP contribution in [0.5, 0.6) is 5.75 Å². The van der Waals surface area contributed by atoms with Crippen molar-refractivity contribution in [1.82, 2.24) is 0 Å².